The zero-order valence-corrected chi connectivity index (χ0v) is 12.8. The van der Waals surface area contributed by atoms with Crippen LogP contribution in [0, 0.1) is 0 Å². The smallest absolute Gasteiger partial charge is 0.134 e. The van der Waals surface area contributed by atoms with Crippen LogP contribution < -0.4 is 4.90 Å². The van der Waals surface area contributed by atoms with Gasteiger partial charge in [0, 0.05) is 36.1 Å². The van der Waals surface area contributed by atoms with Crippen LogP contribution in [0.25, 0.3) is 0 Å². The first-order valence-electron chi connectivity index (χ1n) is 6.42. The summed E-state index contributed by atoms with van der Waals surface area (Å²) >= 11 is 8.10. The van der Waals surface area contributed by atoms with Gasteiger partial charge in [0.1, 0.15) is 16.8 Å². The molecule has 0 atom stereocenters. The third-order valence-corrected chi connectivity index (χ3v) is 4.77. The summed E-state index contributed by atoms with van der Waals surface area (Å²) in [7, 11) is 0. The number of hydrogen-bond acceptors (Lipinski definition) is 4. The van der Waals surface area contributed by atoms with Gasteiger partial charge in [-0.3, -0.25) is 0 Å². The number of aryl methyl sites for hydroxylation is 1. The molecule has 5 heteroatoms. The molecule has 100 valence electrons. The molecular formula is C13H20ClN3S. The molecule has 2 heterocycles. The maximum atomic E-state index is 6.06. The Bertz CT molecular complexity index is 423. The number of nitrogens with zero attached hydrogens (tertiary/aromatic N) is 3. The lowest BCUT2D eigenvalue weighted by Crippen LogP contribution is -2.28. The molecule has 2 rings (SSSR count). The van der Waals surface area contributed by atoms with Gasteiger partial charge in [-0.1, -0.05) is 32.4 Å². The van der Waals surface area contributed by atoms with Crippen molar-refractivity contribution in [3.63, 3.8) is 0 Å². The van der Waals surface area contributed by atoms with Crippen molar-refractivity contribution in [2.24, 2.45) is 0 Å². The second-order valence-electron chi connectivity index (χ2n) is 5.16. The number of rotatable bonds is 2. The highest BCUT2D eigenvalue weighted by atomic mass is 35.5. The third kappa shape index (κ3) is 3.51. The van der Waals surface area contributed by atoms with Crippen LogP contribution in [0.3, 0.4) is 0 Å². The summed E-state index contributed by atoms with van der Waals surface area (Å²) in [5, 5.41) is 0.549. The monoisotopic (exact) mass is 285 g/mol. The molecular weight excluding hydrogens is 266 g/mol. The van der Waals surface area contributed by atoms with Gasteiger partial charge in [0.15, 0.2) is 0 Å². The zero-order valence-electron chi connectivity index (χ0n) is 11.2. The zero-order chi connectivity index (χ0) is 13.2. The predicted molar refractivity (Wildman–Crippen MR) is 79.8 cm³/mol. The van der Waals surface area contributed by atoms with Crippen molar-refractivity contribution in [2.75, 3.05) is 23.7 Å². The van der Waals surface area contributed by atoms with E-state index in [-0.39, 0.29) is 0 Å². The molecule has 0 aliphatic carbocycles. The highest BCUT2D eigenvalue weighted by molar-refractivity contribution is 8.00. The Morgan fingerprint density at radius 1 is 1.39 bits per heavy atom. The van der Waals surface area contributed by atoms with Crippen LogP contribution in [0.2, 0.25) is 5.15 Å². The molecule has 0 amide bonds. The summed E-state index contributed by atoms with van der Waals surface area (Å²) < 4.78 is 0.360. The van der Waals surface area contributed by atoms with E-state index in [0.717, 1.165) is 36.9 Å². The van der Waals surface area contributed by atoms with E-state index in [9.17, 15) is 0 Å². The van der Waals surface area contributed by atoms with E-state index in [1.54, 1.807) is 0 Å². The minimum absolute atomic E-state index is 0.360. The van der Waals surface area contributed by atoms with Crippen molar-refractivity contribution in [2.45, 2.75) is 38.4 Å². The predicted octanol–water partition coefficient (Wildman–Crippen LogP) is 3.41. The molecule has 0 N–H and O–H groups in total. The fourth-order valence-electron chi connectivity index (χ4n) is 2.02. The Kier molecular flexibility index (Phi) is 4.38. The Hall–Kier alpha value is -0.480. The van der Waals surface area contributed by atoms with Crippen molar-refractivity contribution in [3.8, 4) is 0 Å². The van der Waals surface area contributed by atoms with Gasteiger partial charge >= 0.3 is 0 Å². The van der Waals surface area contributed by atoms with E-state index in [0.29, 0.717) is 9.90 Å². The largest absolute Gasteiger partial charge is 0.356 e. The molecule has 0 bridgehead atoms. The minimum Gasteiger partial charge on any atom is -0.356 e. The second kappa shape index (κ2) is 5.66. The Labute approximate surface area is 118 Å². The molecule has 18 heavy (non-hydrogen) atoms. The first-order valence-corrected chi connectivity index (χ1v) is 7.79. The summed E-state index contributed by atoms with van der Waals surface area (Å²) in [6.45, 7) is 8.75. The average Bonchev–Trinajstić information content (AvgIpc) is 2.49. The Balaban J connectivity index is 2.18. The number of halogens is 1. The minimum atomic E-state index is 0.360. The summed E-state index contributed by atoms with van der Waals surface area (Å²) in [6, 6.07) is 1.88. The van der Waals surface area contributed by atoms with Crippen LogP contribution in [0.4, 0.5) is 5.82 Å². The third-order valence-electron chi connectivity index (χ3n) is 3.21. The van der Waals surface area contributed by atoms with Crippen LogP contribution in [0.5, 0.6) is 0 Å². The van der Waals surface area contributed by atoms with Gasteiger partial charge in [-0.2, -0.15) is 11.8 Å². The standard InChI is InChI=1S/C13H20ClN3S/c1-4-11-15-10(14)9-12(16-11)17-6-5-13(2,3)18-8-7-17/h9H,4-8H2,1-3H3. The molecule has 1 aliphatic heterocycles. The van der Waals surface area contributed by atoms with E-state index in [1.807, 2.05) is 17.8 Å². The van der Waals surface area contributed by atoms with E-state index >= 15 is 0 Å². The average molecular weight is 286 g/mol. The molecule has 3 nitrogen and oxygen atoms in total. The highest BCUT2D eigenvalue weighted by Gasteiger charge is 2.24. The van der Waals surface area contributed by atoms with Crippen LogP contribution in [-0.2, 0) is 6.42 Å². The number of thioether (sulfide) groups is 1. The van der Waals surface area contributed by atoms with Crippen molar-refractivity contribution >= 4 is 29.2 Å². The fourth-order valence-corrected chi connectivity index (χ4v) is 3.32. The number of anilines is 1. The van der Waals surface area contributed by atoms with Crippen LogP contribution >= 0.6 is 23.4 Å². The summed E-state index contributed by atoms with van der Waals surface area (Å²) in [4.78, 5) is 11.1. The molecule has 0 aromatic carbocycles. The lowest BCUT2D eigenvalue weighted by Gasteiger charge is -2.23. The van der Waals surface area contributed by atoms with E-state index in [1.165, 1.54) is 6.42 Å². The first-order chi connectivity index (χ1) is 8.50. The van der Waals surface area contributed by atoms with Crippen molar-refractivity contribution in [1.29, 1.82) is 0 Å². The van der Waals surface area contributed by atoms with Gasteiger partial charge in [0.05, 0.1) is 0 Å². The van der Waals surface area contributed by atoms with Crippen molar-refractivity contribution in [1.82, 2.24) is 9.97 Å². The quantitative estimate of drug-likeness (QED) is 0.779. The van der Waals surface area contributed by atoms with Crippen LogP contribution in [-0.4, -0.2) is 33.6 Å². The lowest BCUT2D eigenvalue weighted by molar-refractivity contribution is 0.634. The second-order valence-corrected chi connectivity index (χ2v) is 7.35. The molecule has 1 aromatic rings. The number of aromatic nitrogens is 2. The van der Waals surface area contributed by atoms with Crippen molar-refractivity contribution in [3.05, 3.63) is 17.0 Å². The van der Waals surface area contributed by atoms with Crippen LogP contribution in [0.1, 0.15) is 33.0 Å². The van der Waals surface area contributed by atoms with E-state index < -0.39 is 0 Å². The SMILES string of the molecule is CCc1nc(Cl)cc(N2CCSC(C)(C)CC2)n1. The fraction of sp³-hybridized carbons (Fsp3) is 0.692. The van der Waals surface area contributed by atoms with Gasteiger partial charge in [-0.15, -0.1) is 0 Å². The van der Waals surface area contributed by atoms with E-state index in [2.05, 4.69) is 35.6 Å². The molecule has 1 aromatic heterocycles. The van der Waals surface area contributed by atoms with Gasteiger partial charge in [-0.05, 0) is 6.42 Å². The maximum Gasteiger partial charge on any atom is 0.134 e. The molecule has 0 unspecified atom stereocenters. The Morgan fingerprint density at radius 2 is 2.17 bits per heavy atom. The van der Waals surface area contributed by atoms with Crippen LogP contribution in [0.15, 0.2) is 6.07 Å². The Morgan fingerprint density at radius 3 is 2.89 bits per heavy atom. The summed E-state index contributed by atoms with van der Waals surface area (Å²) in [5.41, 5.74) is 0. The topological polar surface area (TPSA) is 29.0 Å². The number of hydrogen-bond donors (Lipinski definition) is 0. The molecule has 1 aliphatic rings. The maximum absolute atomic E-state index is 6.06. The molecule has 0 spiro atoms. The normalized spacial score (nSPS) is 19.7. The van der Waals surface area contributed by atoms with Gasteiger partial charge in [-0.25, -0.2) is 9.97 Å². The van der Waals surface area contributed by atoms with Gasteiger partial charge < -0.3 is 4.90 Å². The summed E-state index contributed by atoms with van der Waals surface area (Å²) in [6.07, 6.45) is 1.99. The molecule has 0 saturated carbocycles. The molecule has 0 radical (unpaired) electrons. The summed E-state index contributed by atoms with van der Waals surface area (Å²) in [5.74, 6) is 2.94. The lowest BCUT2D eigenvalue weighted by atomic mass is 10.1. The van der Waals surface area contributed by atoms with Crippen molar-refractivity contribution < 1.29 is 0 Å². The van der Waals surface area contributed by atoms with Gasteiger partial charge in [0.25, 0.3) is 0 Å². The van der Waals surface area contributed by atoms with E-state index in [4.69, 9.17) is 11.6 Å². The first kappa shape index (κ1) is 13.9. The molecule has 1 saturated heterocycles. The van der Waals surface area contributed by atoms with Gasteiger partial charge in [0.2, 0.25) is 0 Å². The molecule has 1 fully saturated rings. The highest BCUT2D eigenvalue weighted by Crippen LogP contribution is 2.32.